The summed E-state index contributed by atoms with van der Waals surface area (Å²) in [5, 5.41) is 19.4. The first-order valence-corrected chi connectivity index (χ1v) is 2.82. The van der Waals surface area contributed by atoms with Gasteiger partial charge in [0.15, 0.2) is 0 Å². The summed E-state index contributed by atoms with van der Waals surface area (Å²) >= 11 is 0. The van der Waals surface area contributed by atoms with Gasteiger partial charge in [0, 0.05) is 6.54 Å². The van der Waals surface area contributed by atoms with Gasteiger partial charge in [-0.3, -0.25) is 10.1 Å². The number of aliphatic carboxylic acids is 1. The van der Waals surface area contributed by atoms with Gasteiger partial charge in [-0.25, -0.2) is 0 Å². The first-order chi connectivity index (χ1) is 5.22. The standard InChI is InChI=1S/C6H11NO3/c1-2-3-7-5(4-8)6(9)10/h2,5,7-8H,1,3-4H2,(H,9,10)/t5-/m0/s1/i1D. The highest BCUT2D eigenvalue weighted by Crippen LogP contribution is 1.80. The Morgan fingerprint density at radius 2 is 2.70 bits per heavy atom. The molecule has 0 rings (SSSR count). The molecule has 1 atom stereocenters. The molecule has 0 aliphatic carbocycles. The number of hydrogen-bond donors (Lipinski definition) is 3. The van der Waals surface area contributed by atoms with Crippen molar-refractivity contribution in [2.24, 2.45) is 0 Å². The minimum atomic E-state index is -1.09. The Morgan fingerprint density at radius 3 is 3.10 bits per heavy atom. The highest BCUT2D eigenvalue weighted by molar-refractivity contribution is 5.73. The first kappa shape index (κ1) is 7.24. The lowest BCUT2D eigenvalue weighted by Gasteiger charge is -2.08. The molecule has 0 saturated carbocycles. The third-order valence-electron chi connectivity index (χ3n) is 0.963. The van der Waals surface area contributed by atoms with E-state index in [0.717, 1.165) is 6.55 Å². The van der Waals surface area contributed by atoms with Crippen LogP contribution in [0.1, 0.15) is 1.37 Å². The van der Waals surface area contributed by atoms with Gasteiger partial charge in [0.05, 0.1) is 7.98 Å². The van der Waals surface area contributed by atoms with Gasteiger partial charge in [0.1, 0.15) is 6.04 Å². The molecule has 10 heavy (non-hydrogen) atoms. The summed E-state index contributed by atoms with van der Waals surface area (Å²) in [6.07, 6.45) is 1.45. The topological polar surface area (TPSA) is 69.6 Å². The summed E-state index contributed by atoms with van der Waals surface area (Å²) in [5.74, 6) is -1.09. The van der Waals surface area contributed by atoms with E-state index in [4.69, 9.17) is 11.6 Å². The van der Waals surface area contributed by atoms with E-state index in [-0.39, 0.29) is 6.54 Å². The van der Waals surface area contributed by atoms with E-state index in [1.165, 1.54) is 6.08 Å². The molecule has 4 nitrogen and oxygen atoms in total. The molecule has 0 aromatic heterocycles. The van der Waals surface area contributed by atoms with Crippen molar-refractivity contribution in [2.45, 2.75) is 6.04 Å². The lowest BCUT2D eigenvalue weighted by Crippen LogP contribution is -2.39. The van der Waals surface area contributed by atoms with Crippen LogP contribution < -0.4 is 5.32 Å². The van der Waals surface area contributed by atoms with E-state index in [0.29, 0.717) is 0 Å². The quantitative estimate of drug-likeness (QED) is 0.444. The molecule has 4 heteroatoms. The lowest BCUT2D eigenvalue weighted by atomic mass is 10.3. The van der Waals surface area contributed by atoms with E-state index in [1.807, 2.05) is 0 Å². The van der Waals surface area contributed by atoms with Crippen molar-refractivity contribution >= 4 is 5.97 Å². The minimum Gasteiger partial charge on any atom is -0.480 e. The predicted octanol–water partition coefficient (Wildman–Crippen LogP) is -0.793. The fourth-order valence-corrected chi connectivity index (χ4v) is 0.440. The average molecular weight is 146 g/mol. The number of nitrogens with one attached hydrogen (secondary N) is 1. The Morgan fingerprint density at radius 1 is 2.00 bits per heavy atom. The molecule has 0 bridgehead atoms. The SMILES string of the molecule is [2H]C=CCN[C@@H](CO)C(=O)O. The van der Waals surface area contributed by atoms with Crippen LogP contribution in [0.4, 0.5) is 0 Å². The van der Waals surface area contributed by atoms with E-state index >= 15 is 0 Å². The fourth-order valence-electron chi connectivity index (χ4n) is 0.440. The van der Waals surface area contributed by atoms with Crippen molar-refractivity contribution < 1.29 is 16.4 Å². The molecule has 0 saturated heterocycles. The molecule has 3 N–H and O–H groups in total. The Labute approximate surface area is 60.6 Å². The highest BCUT2D eigenvalue weighted by atomic mass is 16.4. The molecule has 0 spiro atoms. The average Bonchev–Trinajstić information content (AvgIpc) is 1.97. The van der Waals surface area contributed by atoms with E-state index in [9.17, 15) is 4.79 Å². The van der Waals surface area contributed by atoms with Crippen LogP contribution in [0.3, 0.4) is 0 Å². The molecular weight excluding hydrogens is 134 g/mol. The Kier molecular flexibility index (Phi) is 3.59. The molecule has 0 radical (unpaired) electrons. The molecule has 0 unspecified atom stereocenters. The highest BCUT2D eigenvalue weighted by Gasteiger charge is 2.13. The zero-order valence-electron chi connectivity index (χ0n) is 6.45. The first-order valence-electron chi connectivity index (χ1n) is 3.40. The van der Waals surface area contributed by atoms with E-state index in [1.54, 1.807) is 0 Å². The van der Waals surface area contributed by atoms with Gasteiger partial charge in [-0.1, -0.05) is 6.08 Å². The van der Waals surface area contributed by atoms with E-state index < -0.39 is 18.6 Å². The summed E-state index contributed by atoms with van der Waals surface area (Å²) in [5.41, 5.74) is 0. The number of carboxylic acid groups (broad SMARTS) is 1. The monoisotopic (exact) mass is 146 g/mol. The van der Waals surface area contributed by atoms with Crippen molar-refractivity contribution in [2.75, 3.05) is 13.2 Å². The Hall–Kier alpha value is -0.870. The van der Waals surface area contributed by atoms with Gasteiger partial charge in [0.2, 0.25) is 0 Å². The molecule has 0 fully saturated rings. The maximum absolute atomic E-state index is 10.2. The predicted molar refractivity (Wildman–Crippen MR) is 36.7 cm³/mol. The molecule has 0 amide bonds. The third kappa shape index (κ3) is 3.21. The van der Waals surface area contributed by atoms with Crippen LogP contribution in [-0.4, -0.2) is 35.4 Å². The number of hydrogen-bond acceptors (Lipinski definition) is 3. The van der Waals surface area contributed by atoms with Crippen molar-refractivity contribution in [1.29, 1.82) is 0 Å². The van der Waals surface area contributed by atoms with Gasteiger partial charge in [-0.2, -0.15) is 0 Å². The zero-order valence-corrected chi connectivity index (χ0v) is 5.45. The zero-order chi connectivity index (χ0) is 8.69. The lowest BCUT2D eigenvalue weighted by molar-refractivity contribution is -0.140. The van der Waals surface area contributed by atoms with E-state index in [2.05, 4.69) is 5.32 Å². The summed E-state index contributed by atoms with van der Waals surface area (Å²) in [4.78, 5) is 10.2. The number of aliphatic hydroxyl groups is 1. The second-order valence-electron chi connectivity index (χ2n) is 1.72. The van der Waals surface area contributed by atoms with Gasteiger partial charge < -0.3 is 10.2 Å². The van der Waals surface area contributed by atoms with Crippen LogP contribution in [0.25, 0.3) is 0 Å². The number of carbonyl (C=O) groups is 1. The number of aliphatic hydroxyl groups excluding tert-OH is 1. The molecule has 0 heterocycles. The van der Waals surface area contributed by atoms with Crippen LogP contribution in [0.2, 0.25) is 0 Å². The van der Waals surface area contributed by atoms with Gasteiger partial charge in [0.25, 0.3) is 0 Å². The second-order valence-corrected chi connectivity index (χ2v) is 1.72. The van der Waals surface area contributed by atoms with Crippen LogP contribution in [0, 0.1) is 0 Å². The van der Waals surface area contributed by atoms with Crippen LogP contribution in [0.15, 0.2) is 12.6 Å². The largest absolute Gasteiger partial charge is 0.480 e. The van der Waals surface area contributed by atoms with Gasteiger partial charge in [-0.15, -0.1) is 6.55 Å². The van der Waals surface area contributed by atoms with Crippen LogP contribution in [-0.2, 0) is 4.79 Å². The van der Waals surface area contributed by atoms with Gasteiger partial charge in [-0.05, 0) is 0 Å². The second kappa shape index (κ2) is 4.96. The van der Waals surface area contributed by atoms with Crippen LogP contribution in [0.5, 0.6) is 0 Å². The molecule has 0 aromatic carbocycles. The molecular formula is C6H11NO3. The Balaban J connectivity index is 3.61. The van der Waals surface area contributed by atoms with Crippen molar-refractivity contribution in [3.63, 3.8) is 0 Å². The smallest absolute Gasteiger partial charge is 0.323 e. The maximum Gasteiger partial charge on any atom is 0.323 e. The van der Waals surface area contributed by atoms with Crippen molar-refractivity contribution in [3.8, 4) is 0 Å². The molecule has 0 aliphatic rings. The summed E-state index contributed by atoms with van der Waals surface area (Å²) in [6, 6.07) is -0.939. The summed E-state index contributed by atoms with van der Waals surface area (Å²) in [7, 11) is 0. The number of carboxylic acids is 1. The normalized spacial score (nSPS) is 15.1. The summed E-state index contributed by atoms with van der Waals surface area (Å²) in [6.45, 7) is 0.894. The maximum atomic E-state index is 10.2. The Bertz CT molecular complexity index is 149. The van der Waals surface area contributed by atoms with Gasteiger partial charge >= 0.3 is 5.97 Å². The van der Waals surface area contributed by atoms with Crippen LogP contribution >= 0.6 is 0 Å². The van der Waals surface area contributed by atoms with Crippen molar-refractivity contribution in [1.82, 2.24) is 5.32 Å². The summed E-state index contributed by atoms with van der Waals surface area (Å²) < 4.78 is 6.58. The molecule has 0 aliphatic heterocycles. The minimum absolute atomic E-state index is 0.279. The van der Waals surface area contributed by atoms with Crippen molar-refractivity contribution in [3.05, 3.63) is 12.6 Å². The number of rotatable bonds is 5. The third-order valence-corrected chi connectivity index (χ3v) is 0.963. The molecule has 58 valence electrons. The molecule has 0 aromatic rings. The fraction of sp³-hybridized carbons (Fsp3) is 0.500.